The smallest absolute Gasteiger partial charge is 0.258 e. The maximum absolute atomic E-state index is 14.3. The molecule has 3 amide bonds. The summed E-state index contributed by atoms with van der Waals surface area (Å²) >= 11 is 0. The number of halogens is 1. The van der Waals surface area contributed by atoms with Crippen molar-refractivity contribution in [1.29, 1.82) is 0 Å². The predicted molar refractivity (Wildman–Crippen MR) is 281 cm³/mol. The number of unbranched alkanes of at least 4 members (excludes halogenated alkanes) is 1. The Morgan fingerprint density at radius 3 is 1.83 bits per heavy atom. The van der Waals surface area contributed by atoms with E-state index in [1.165, 1.54) is 12.1 Å². The van der Waals surface area contributed by atoms with Gasteiger partial charge in [-0.15, -0.1) is 0 Å². The first-order valence-electron chi connectivity index (χ1n) is 24.8. The molecule has 0 radical (unpaired) electrons. The number of aromatic nitrogens is 1. The van der Waals surface area contributed by atoms with Gasteiger partial charge in [-0.1, -0.05) is 130 Å². The summed E-state index contributed by atoms with van der Waals surface area (Å²) in [7, 11) is 1.92. The topological polar surface area (TPSA) is 136 Å². The van der Waals surface area contributed by atoms with Gasteiger partial charge in [0.25, 0.3) is 5.91 Å². The third-order valence-electron chi connectivity index (χ3n) is 11.5. The van der Waals surface area contributed by atoms with E-state index in [1.54, 1.807) is 12.1 Å². The van der Waals surface area contributed by atoms with Crippen molar-refractivity contribution in [3.63, 3.8) is 0 Å². The lowest BCUT2D eigenvalue weighted by Gasteiger charge is -2.20. The first kappa shape index (κ1) is 55.5. The van der Waals surface area contributed by atoms with E-state index in [0.29, 0.717) is 55.0 Å². The molecule has 0 saturated carbocycles. The third-order valence-corrected chi connectivity index (χ3v) is 11.5. The number of allylic oxidation sites excluding steroid dienone is 10. The zero-order valence-corrected chi connectivity index (χ0v) is 41.3. The van der Waals surface area contributed by atoms with E-state index in [9.17, 15) is 29.0 Å². The fraction of sp³-hybridized carbons (Fsp3) is 0.397. The number of aliphatic hydroxyl groups excluding tert-OH is 2. The number of aliphatic hydroxyl groups is 2. The van der Waals surface area contributed by atoms with Crippen LogP contribution in [0.5, 0.6) is 0 Å². The highest BCUT2D eigenvalue weighted by molar-refractivity contribution is 6.12. The Kier molecular flexibility index (Phi) is 25.6. The molecule has 0 saturated heterocycles. The van der Waals surface area contributed by atoms with Crippen molar-refractivity contribution in [1.82, 2.24) is 20.1 Å². The molecule has 0 spiro atoms. The summed E-state index contributed by atoms with van der Waals surface area (Å²) in [4.78, 5) is 41.5. The van der Waals surface area contributed by atoms with Crippen LogP contribution in [0.2, 0.25) is 0 Å². The molecule has 0 aliphatic rings. The van der Waals surface area contributed by atoms with Gasteiger partial charge in [-0.3, -0.25) is 14.4 Å². The highest BCUT2D eigenvalue weighted by Gasteiger charge is 2.31. The first-order valence-corrected chi connectivity index (χ1v) is 24.8. The molecule has 11 heteroatoms. The van der Waals surface area contributed by atoms with E-state index < -0.39 is 12.2 Å². The second-order valence-corrected chi connectivity index (χ2v) is 17.6. The molecule has 0 fully saturated rings. The average Bonchev–Trinajstić information content (AvgIpc) is 3.68. The van der Waals surface area contributed by atoms with Gasteiger partial charge in [-0.25, -0.2) is 4.39 Å². The number of para-hydroxylation sites is 1. The van der Waals surface area contributed by atoms with E-state index >= 15 is 0 Å². The Bertz CT molecular complexity index is 2280. The summed E-state index contributed by atoms with van der Waals surface area (Å²) in [5.74, 6) is -1.10. The molecule has 4 aromatic rings. The number of nitrogens with zero attached hydrogens (tertiary/aromatic N) is 2. The van der Waals surface area contributed by atoms with E-state index in [1.807, 2.05) is 91.0 Å². The molecule has 10 nitrogen and oxygen atoms in total. The highest BCUT2D eigenvalue weighted by Crippen LogP contribution is 2.42. The van der Waals surface area contributed by atoms with Gasteiger partial charge in [-0.2, -0.15) is 0 Å². The SMILES string of the molecule is CCC=CCC=CCC=CCC=CCC=CCCCC(=O)NCCN(C)CCNC(=O)CC(O)CC(O)CCn1c(-c2ccc(F)cc2)c(-c2ccccc2)c(C(=O)Nc2ccccc2)c1C(C)C. The lowest BCUT2D eigenvalue weighted by Crippen LogP contribution is -2.38. The van der Waals surface area contributed by atoms with Crippen LogP contribution in [0.25, 0.3) is 22.4 Å². The van der Waals surface area contributed by atoms with Crippen LogP contribution in [0.1, 0.15) is 113 Å². The Morgan fingerprint density at radius 2 is 1.25 bits per heavy atom. The fourth-order valence-electron chi connectivity index (χ4n) is 8.01. The molecule has 5 N–H and O–H groups in total. The van der Waals surface area contributed by atoms with Crippen LogP contribution in [0.3, 0.4) is 0 Å². The minimum Gasteiger partial charge on any atom is -0.393 e. The maximum atomic E-state index is 14.3. The summed E-state index contributed by atoms with van der Waals surface area (Å²) < 4.78 is 16.3. The van der Waals surface area contributed by atoms with E-state index in [0.717, 1.165) is 61.9 Å². The van der Waals surface area contributed by atoms with Crippen LogP contribution in [-0.2, 0) is 16.1 Å². The molecule has 2 atom stereocenters. The van der Waals surface area contributed by atoms with Gasteiger partial charge in [-0.05, 0) is 118 Å². The van der Waals surface area contributed by atoms with Gasteiger partial charge in [0.2, 0.25) is 11.8 Å². The van der Waals surface area contributed by atoms with E-state index in [4.69, 9.17) is 0 Å². The van der Waals surface area contributed by atoms with Gasteiger partial charge in [0.15, 0.2) is 0 Å². The molecule has 4 rings (SSSR count). The minimum atomic E-state index is -1.08. The maximum Gasteiger partial charge on any atom is 0.258 e. The van der Waals surface area contributed by atoms with Crippen molar-refractivity contribution < 1.29 is 29.0 Å². The summed E-state index contributed by atoms with van der Waals surface area (Å²) in [6.07, 6.45) is 26.7. The number of nitrogens with one attached hydrogen (secondary N) is 3. The molecule has 1 aromatic heterocycles. The normalized spacial score (nSPS) is 12.9. The average molecular weight is 942 g/mol. The molecule has 3 aromatic carbocycles. The van der Waals surface area contributed by atoms with Crippen LogP contribution >= 0.6 is 0 Å². The number of carbonyl (C=O) groups is 3. The van der Waals surface area contributed by atoms with Crippen LogP contribution in [0.15, 0.2) is 146 Å². The van der Waals surface area contributed by atoms with Crippen LogP contribution in [0, 0.1) is 5.82 Å². The van der Waals surface area contributed by atoms with Crippen molar-refractivity contribution in [3.8, 4) is 22.4 Å². The lowest BCUT2D eigenvalue weighted by atomic mass is 9.94. The van der Waals surface area contributed by atoms with Crippen molar-refractivity contribution >= 4 is 23.4 Å². The zero-order valence-electron chi connectivity index (χ0n) is 41.3. The largest absolute Gasteiger partial charge is 0.393 e. The molecule has 2 unspecified atom stereocenters. The van der Waals surface area contributed by atoms with Crippen molar-refractivity contribution in [2.24, 2.45) is 0 Å². The Morgan fingerprint density at radius 1 is 0.696 bits per heavy atom. The third kappa shape index (κ3) is 20.5. The molecule has 0 bridgehead atoms. The number of amides is 3. The monoisotopic (exact) mass is 942 g/mol. The number of anilines is 1. The lowest BCUT2D eigenvalue weighted by molar-refractivity contribution is -0.123. The quantitative estimate of drug-likeness (QED) is 0.0252. The predicted octanol–water partition coefficient (Wildman–Crippen LogP) is 11.3. The Balaban J connectivity index is 1.19. The second kappa shape index (κ2) is 31.8. The second-order valence-electron chi connectivity index (χ2n) is 17.6. The van der Waals surface area contributed by atoms with Gasteiger partial charge >= 0.3 is 0 Å². The number of carbonyl (C=O) groups excluding carboxylic acids is 3. The number of hydrogen-bond donors (Lipinski definition) is 5. The molecule has 0 aliphatic carbocycles. The summed E-state index contributed by atoms with van der Waals surface area (Å²) in [5.41, 5.74) is 4.84. The number of benzene rings is 3. The summed E-state index contributed by atoms with van der Waals surface area (Å²) in [6, 6.07) is 25.1. The van der Waals surface area contributed by atoms with Crippen LogP contribution in [-0.4, -0.2) is 82.8 Å². The summed E-state index contributed by atoms with van der Waals surface area (Å²) in [6.45, 7) is 8.52. The highest BCUT2D eigenvalue weighted by atomic mass is 19.1. The van der Waals surface area contributed by atoms with E-state index in [-0.39, 0.29) is 55.3 Å². The van der Waals surface area contributed by atoms with Crippen LogP contribution < -0.4 is 16.0 Å². The van der Waals surface area contributed by atoms with Gasteiger partial charge in [0, 0.05) is 56.1 Å². The van der Waals surface area contributed by atoms with E-state index in [2.05, 4.69) is 83.6 Å². The Hall–Kier alpha value is -6.14. The minimum absolute atomic E-state index is 0.0214. The van der Waals surface area contributed by atoms with Crippen molar-refractivity contribution in [3.05, 3.63) is 163 Å². The fourth-order valence-corrected chi connectivity index (χ4v) is 8.01. The first-order chi connectivity index (χ1) is 33.5. The molecular formula is C58H76FN5O5. The number of likely N-dealkylation sites (N-methyl/N-ethyl adjacent to an activating group) is 1. The number of rotatable bonds is 31. The summed E-state index contributed by atoms with van der Waals surface area (Å²) in [5, 5.41) is 31.1. The molecule has 1 heterocycles. The van der Waals surface area contributed by atoms with Gasteiger partial charge in [0.05, 0.1) is 29.9 Å². The van der Waals surface area contributed by atoms with Gasteiger partial charge in [0.1, 0.15) is 5.82 Å². The standard InChI is InChI=1S/C58H76FN5O5/c1-5-6-7-8-9-10-11-12-13-14-15-16-17-18-19-20-27-32-52(67)60-38-41-63(4)42-39-61-53(68)44-51(66)43-50(65)37-40-64-56(45(2)3)55(58(69)62-49-30-25-22-26-31-49)54(46-28-23-21-24-29-46)57(64)47-33-35-48(59)36-34-47/h6-7,9-10,12-13,15-16,18-19,21-26,28-31,33-36,45,50-51,65-66H,5,8,11,14,17,20,27,32,37-44H2,1-4H3,(H,60,67)(H,61,68)(H,62,69). The zero-order chi connectivity index (χ0) is 49.6. The molecule has 0 aliphatic heterocycles. The number of hydrogen-bond acceptors (Lipinski definition) is 6. The van der Waals surface area contributed by atoms with Crippen LogP contribution in [0.4, 0.5) is 10.1 Å². The van der Waals surface area contributed by atoms with Crippen molar-refractivity contribution in [2.45, 2.75) is 116 Å². The Labute approximate surface area is 410 Å². The molecule has 370 valence electrons. The molecular weight excluding hydrogens is 866 g/mol. The molecule has 69 heavy (non-hydrogen) atoms. The van der Waals surface area contributed by atoms with Gasteiger partial charge < -0.3 is 35.6 Å². The van der Waals surface area contributed by atoms with Crippen molar-refractivity contribution in [2.75, 3.05) is 38.5 Å².